The summed E-state index contributed by atoms with van der Waals surface area (Å²) < 4.78 is 36.2. The Morgan fingerprint density at radius 3 is 2.73 bits per heavy atom. The number of aliphatic hydroxyl groups excluding tert-OH is 1. The van der Waals surface area contributed by atoms with E-state index >= 15 is 0 Å². The van der Waals surface area contributed by atoms with Crippen LogP contribution in [0.2, 0.25) is 0 Å². The van der Waals surface area contributed by atoms with E-state index in [9.17, 15) is 9.50 Å². The number of halogens is 1. The second-order valence-electron chi connectivity index (χ2n) is 8.56. The molecule has 1 aromatic carbocycles. The highest BCUT2D eigenvalue weighted by atomic mass is 19.1. The molecule has 0 saturated carbocycles. The van der Waals surface area contributed by atoms with Crippen LogP contribution in [-0.4, -0.2) is 86.6 Å². The quantitative estimate of drug-likeness (QED) is 0.545. The first kappa shape index (κ1) is 24.1. The minimum Gasteiger partial charge on any atom is -0.389 e. The van der Waals surface area contributed by atoms with Crippen LogP contribution in [0.25, 0.3) is 11.3 Å². The summed E-state index contributed by atoms with van der Waals surface area (Å²) in [6.07, 6.45) is 1.56. The highest BCUT2D eigenvalue weighted by Crippen LogP contribution is 2.33. The lowest BCUT2D eigenvalue weighted by molar-refractivity contribution is 0.00517. The third-order valence-corrected chi connectivity index (χ3v) is 6.03. The highest BCUT2D eigenvalue weighted by molar-refractivity contribution is 5.68. The summed E-state index contributed by atoms with van der Waals surface area (Å²) in [5.41, 5.74) is 2.40. The Hall–Kier alpha value is -2.04. The molecule has 2 aliphatic rings. The van der Waals surface area contributed by atoms with E-state index in [2.05, 4.69) is 15.0 Å². The van der Waals surface area contributed by atoms with Gasteiger partial charge in [0.1, 0.15) is 11.5 Å². The van der Waals surface area contributed by atoms with Gasteiger partial charge in [0.15, 0.2) is 0 Å². The molecule has 2 aromatic rings. The lowest BCUT2D eigenvalue weighted by Gasteiger charge is -2.30. The molecule has 3 heterocycles. The summed E-state index contributed by atoms with van der Waals surface area (Å²) in [5, 5.41) is 15.0. The molecule has 33 heavy (non-hydrogen) atoms. The molecule has 0 bridgehead atoms. The Morgan fingerprint density at radius 2 is 2.03 bits per heavy atom. The van der Waals surface area contributed by atoms with Crippen molar-refractivity contribution in [3.63, 3.8) is 0 Å². The van der Waals surface area contributed by atoms with Crippen molar-refractivity contribution in [2.24, 2.45) is 0 Å². The maximum atomic E-state index is 13.6. The Labute approximate surface area is 194 Å². The molecule has 0 aliphatic carbocycles. The van der Waals surface area contributed by atoms with Crippen LogP contribution in [-0.2, 0) is 20.8 Å². The Kier molecular flexibility index (Phi) is 8.69. The normalized spacial score (nSPS) is 20.0. The molecule has 9 heteroatoms. The Bertz CT molecular complexity index is 850. The Balaban J connectivity index is 1.61. The summed E-state index contributed by atoms with van der Waals surface area (Å²) >= 11 is 0. The molecule has 1 aromatic heterocycles. The van der Waals surface area contributed by atoms with E-state index in [1.54, 1.807) is 12.1 Å². The van der Waals surface area contributed by atoms with Crippen LogP contribution in [0.4, 0.5) is 10.3 Å². The molecule has 2 aliphatic heterocycles. The first-order valence-corrected chi connectivity index (χ1v) is 11.8. The van der Waals surface area contributed by atoms with Crippen LogP contribution >= 0.6 is 0 Å². The average Bonchev–Trinajstić information content (AvgIpc) is 3.49. The minimum absolute atomic E-state index is 0.130. The van der Waals surface area contributed by atoms with E-state index in [-0.39, 0.29) is 18.5 Å². The zero-order chi connectivity index (χ0) is 23.0. The number of anilines is 1. The monoisotopic (exact) mass is 463 g/mol. The molecule has 0 unspecified atom stereocenters. The standard InChI is InChI=1S/C24H34FN3O5/c1-2-30-17-20(29)14-27(15-21-4-3-11-32-21)16-22-23(18-5-7-19(25)8-6-18)26-33-24(22)28-9-12-31-13-10-28/h5-8,20-21,29H,2-4,9-17H2,1H3/t20-,21-/m1/s1. The molecule has 0 spiro atoms. The molecular weight excluding hydrogens is 429 g/mol. The van der Waals surface area contributed by atoms with E-state index < -0.39 is 6.10 Å². The van der Waals surface area contributed by atoms with Crippen LogP contribution in [0.1, 0.15) is 25.3 Å². The van der Waals surface area contributed by atoms with Crippen molar-refractivity contribution in [3.8, 4) is 11.3 Å². The van der Waals surface area contributed by atoms with Gasteiger partial charge in [0.2, 0.25) is 5.88 Å². The molecule has 2 atom stereocenters. The summed E-state index contributed by atoms with van der Waals surface area (Å²) in [5.74, 6) is 0.408. The molecule has 1 N–H and O–H groups in total. The fraction of sp³-hybridized carbons (Fsp3) is 0.625. The van der Waals surface area contributed by atoms with Crippen molar-refractivity contribution in [2.45, 2.75) is 38.5 Å². The van der Waals surface area contributed by atoms with Crippen molar-refractivity contribution >= 4 is 5.88 Å². The molecule has 0 amide bonds. The molecular formula is C24H34FN3O5. The van der Waals surface area contributed by atoms with Crippen LogP contribution < -0.4 is 4.90 Å². The zero-order valence-corrected chi connectivity index (χ0v) is 19.2. The number of aliphatic hydroxyl groups is 1. The summed E-state index contributed by atoms with van der Waals surface area (Å²) in [7, 11) is 0. The van der Waals surface area contributed by atoms with Crippen LogP contribution in [0.15, 0.2) is 28.8 Å². The zero-order valence-electron chi connectivity index (χ0n) is 19.2. The molecule has 2 saturated heterocycles. The molecule has 8 nitrogen and oxygen atoms in total. The predicted molar refractivity (Wildman–Crippen MR) is 122 cm³/mol. The van der Waals surface area contributed by atoms with Gasteiger partial charge in [-0.05, 0) is 44.0 Å². The van der Waals surface area contributed by atoms with Gasteiger partial charge in [0.05, 0.1) is 37.6 Å². The van der Waals surface area contributed by atoms with Crippen LogP contribution in [0.5, 0.6) is 0 Å². The Morgan fingerprint density at radius 1 is 1.24 bits per heavy atom. The number of nitrogens with zero attached hydrogens (tertiary/aromatic N) is 3. The summed E-state index contributed by atoms with van der Waals surface area (Å²) in [6, 6.07) is 6.29. The van der Waals surface area contributed by atoms with Crippen molar-refractivity contribution in [1.29, 1.82) is 0 Å². The van der Waals surface area contributed by atoms with Gasteiger partial charge in [-0.1, -0.05) is 5.16 Å². The van der Waals surface area contributed by atoms with Crippen molar-refractivity contribution in [2.75, 3.05) is 64.1 Å². The number of rotatable bonds is 11. The first-order chi connectivity index (χ1) is 16.1. The van der Waals surface area contributed by atoms with Crippen LogP contribution in [0, 0.1) is 5.82 Å². The number of ether oxygens (including phenoxy) is 3. The van der Waals surface area contributed by atoms with Gasteiger partial charge in [-0.15, -0.1) is 0 Å². The minimum atomic E-state index is -0.618. The van der Waals surface area contributed by atoms with E-state index in [0.717, 1.165) is 30.6 Å². The van der Waals surface area contributed by atoms with Crippen LogP contribution in [0.3, 0.4) is 0 Å². The maximum Gasteiger partial charge on any atom is 0.232 e. The van der Waals surface area contributed by atoms with Gasteiger partial charge in [-0.25, -0.2) is 4.39 Å². The molecule has 182 valence electrons. The van der Waals surface area contributed by atoms with E-state index in [0.29, 0.717) is 64.1 Å². The SMILES string of the molecule is CCOC[C@H](O)CN(Cc1c(-c2ccc(F)cc2)noc1N1CCOCC1)C[C@H]1CCCO1. The smallest absolute Gasteiger partial charge is 0.232 e. The topological polar surface area (TPSA) is 80.4 Å². The van der Waals surface area contributed by atoms with E-state index in [1.807, 2.05) is 6.92 Å². The third-order valence-electron chi connectivity index (χ3n) is 6.03. The number of morpholine rings is 1. The van der Waals surface area contributed by atoms with Gasteiger partial charge in [0, 0.05) is 51.5 Å². The van der Waals surface area contributed by atoms with Crippen molar-refractivity contribution in [3.05, 3.63) is 35.6 Å². The second-order valence-corrected chi connectivity index (χ2v) is 8.56. The van der Waals surface area contributed by atoms with Crippen molar-refractivity contribution < 1.29 is 28.2 Å². The van der Waals surface area contributed by atoms with E-state index in [1.165, 1.54) is 12.1 Å². The maximum absolute atomic E-state index is 13.6. The molecule has 0 radical (unpaired) electrons. The number of benzene rings is 1. The highest BCUT2D eigenvalue weighted by Gasteiger charge is 2.28. The summed E-state index contributed by atoms with van der Waals surface area (Å²) in [6.45, 7) is 7.85. The van der Waals surface area contributed by atoms with Gasteiger partial charge in [-0.2, -0.15) is 0 Å². The number of aromatic nitrogens is 1. The second kappa shape index (κ2) is 11.9. The van der Waals surface area contributed by atoms with Gasteiger partial charge in [-0.3, -0.25) is 4.90 Å². The van der Waals surface area contributed by atoms with Crippen molar-refractivity contribution in [1.82, 2.24) is 10.1 Å². The van der Waals surface area contributed by atoms with Gasteiger partial charge >= 0.3 is 0 Å². The fourth-order valence-corrected chi connectivity index (χ4v) is 4.40. The molecule has 2 fully saturated rings. The lowest BCUT2D eigenvalue weighted by Crippen LogP contribution is -2.40. The fourth-order valence-electron chi connectivity index (χ4n) is 4.40. The van der Waals surface area contributed by atoms with Gasteiger partial charge < -0.3 is 28.7 Å². The number of hydrogen-bond donors (Lipinski definition) is 1. The molecule has 4 rings (SSSR count). The first-order valence-electron chi connectivity index (χ1n) is 11.8. The van der Waals surface area contributed by atoms with Gasteiger partial charge in [0.25, 0.3) is 0 Å². The average molecular weight is 464 g/mol. The summed E-state index contributed by atoms with van der Waals surface area (Å²) in [4.78, 5) is 4.32. The third kappa shape index (κ3) is 6.51. The number of hydrogen-bond acceptors (Lipinski definition) is 8. The largest absolute Gasteiger partial charge is 0.389 e. The lowest BCUT2D eigenvalue weighted by atomic mass is 10.1. The van der Waals surface area contributed by atoms with E-state index in [4.69, 9.17) is 18.7 Å². The predicted octanol–water partition coefficient (Wildman–Crippen LogP) is 2.70.